The highest BCUT2D eigenvalue weighted by atomic mass is 32.2. The number of sulfone groups is 1. The van der Waals surface area contributed by atoms with Gasteiger partial charge in [0.05, 0.1) is 12.5 Å². The Balaban J connectivity index is 2.18. The second-order valence-electron chi connectivity index (χ2n) is 4.22. The van der Waals surface area contributed by atoms with Gasteiger partial charge in [0.2, 0.25) is 15.7 Å². The normalized spacial score (nSPS) is 11.2. The number of carbonyl (C=O) groups excluding carboxylic acids is 1. The van der Waals surface area contributed by atoms with E-state index in [1.165, 1.54) is 12.1 Å². The smallest absolute Gasteiger partial charge is 0.316 e. The number of hydrogen-bond donors (Lipinski definition) is 2. The van der Waals surface area contributed by atoms with E-state index >= 15 is 0 Å². The highest BCUT2D eigenvalue weighted by Crippen LogP contribution is 2.21. The monoisotopic (exact) mass is 308 g/mol. The Bertz CT molecular complexity index is 819. The lowest BCUT2D eigenvalue weighted by atomic mass is 10.3. The SMILES string of the molecule is N#CCCNC(=O)CS(=O)(=O)c1nc2cc(N)ccc2o1. The molecule has 1 aromatic heterocycles. The molecule has 8 nitrogen and oxygen atoms in total. The first kappa shape index (κ1) is 14.8. The number of nitrogens with two attached hydrogens (primary N) is 1. The molecule has 0 atom stereocenters. The number of nitrogens with zero attached hydrogens (tertiary/aromatic N) is 2. The van der Waals surface area contributed by atoms with Gasteiger partial charge in [0.25, 0.3) is 0 Å². The fraction of sp³-hybridized carbons (Fsp3) is 0.250. The molecule has 2 aromatic rings. The van der Waals surface area contributed by atoms with Crippen molar-refractivity contribution in [3.8, 4) is 6.07 Å². The zero-order valence-corrected chi connectivity index (χ0v) is 11.7. The lowest BCUT2D eigenvalue weighted by molar-refractivity contribution is -0.118. The van der Waals surface area contributed by atoms with Crippen LogP contribution >= 0.6 is 0 Å². The van der Waals surface area contributed by atoms with Crippen LogP contribution in [0.25, 0.3) is 11.1 Å². The molecule has 1 heterocycles. The Hall–Kier alpha value is -2.60. The van der Waals surface area contributed by atoms with Crippen molar-refractivity contribution in [3.63, 3.8) is 0 Å². The van der Waals surface area contributed by atoms with E-state index < -0.39 is 26.7 Å². The highest BCUT2D eigenvalue weighted by Gasteiger charge is 2.25. The van der Waals surface area contributed by atoms with E-state index in [0.29, 0.717) is 11.2 Å². The van der Waals surface area contributed by atoms with Crippen LogP contribution in [-0.2, 0) is 14.6 Å². The fourth-order valence-corrected chi connectivity index (χ4v) is 2.62. The first-order chi connectivity index (χ1) is 9.92. The molecular formula is C12H12N4O4S. The van der Waals surface area contributed by atoms with Gasteiger partial charge in [-0.1, -0.05) is 0 Å². The minimum Gasteiger partial charge on any atom is -0.428 e. The fourth-order valence-electron chi connectivity index (χ4n) is 1.60. The number of fused-ring (bicyclic) bond motifs is 1. The molecule has 0 aliphatic carbocycles. The molecular weight excluding hydrogens is 296 g/mol. The zero-order valence-electron chi connectivity index (χ0n) is 10.9. The maximum atomic E-state index is 12.0. The predicted octanol–water partition coefficient (Wildman–Crippen LogP) is 0.214. The first-order valence-electron chi connectivity index (χ1n) is 5.95. The van der Waals surface area contributed by atoms with Gasteiger partial charge in [0.15, 0.2) is 5.58 Å². The van der Waals surface area contributed by atoms with Gasteiger partial charge < -0.3 is 15.5 Å². The van der Waals surface area contributed by atoms with E-state index in [4.69, 9.17) is 15.4 Å². The summed E-state index contributed by atoms with van der Waals surface area (Å²) in [7, 11) is -3.98. The minimum absolute atomic E-state index is 0.0922. The number of aromatic nitrogens is 1. The van der Waals surface area contributed by atoms with Crippen LogP contribution < -0.4 is 11.1 Å². The van der Waals surface area contributed by atoms with Crippen molar-refractivity contribution in [2.75, 3.05) is 18.0 Å². The second-order valence-corrected chi connectivity index (χ2v) is 6.09. The van der Waals surface area contributed by atoms with Crippen molar-refractivity contribution in [1.82, 2.24) is 10.3 Å². The van der Waals surface area contributed by atoms with E-state index in [2.05, 4.69) is 10.3 Å². The molecule has 2 rings (SSSR count). The van der Waals surface area contributed by atoms with Gasteiger partial charge in [-0.2, -0.15) is 10.2 Å². The molecule has 0 radical (unpaired) electrons. The van der Waals surface area contributed by atoms with E-state index in [1.54, 1.807) is 6.07 Å². The molecule has 0 spiro atoms. The number of anilines is 1. The Morgan fingerprint density at radius 1 is 1.48 bits per heavy atom. The largest absolute Gasteiger partial charge is 0.428 e. The predicted molar refractivity (Wildman–Crippen MR) is 73.7 cm³/mol. The topological polar surface area (TPSA) is 139 Å². The Labute approximate surface area is 120 Å². The average Bonchev–Trinajstić information content (AvgIpc) is 2.82. The number of carbonyl (C=O) groups is 1. The Kier molecular flexibility index (Phi) is 4.09. The number of nitrogen functional groups attached to an aromatic ring is 1. The number of oxazole rings is 1. The van der Waals surface area contributed by atoms with Crippen molar-refractivity contribution >= 4 is 32.5 Å². The maximum absolute atomic E-state index is 12.0. The van der Waals surface area contributed by atoms with Crippen LogP contribution in [0.5, 0.6) is 0 Å². The van der Waals surface area contributed by atoms with Gasteiger partial charge in [0, 0.05) is 12.2 Å². The number of nitrogens with one attached hydrogen (secondary N) is 1. The van der Waals surface area contributed by atoms with E-state index in [1.807, 2.05) is 6.07 Å². The summed E-state index contributed by atoms with van der Waals surface area (Å²) in [5.74, 6) is -1.51. The van der Waals surface area contributed by atoms with Crippen LogP contribution in [0.3, 0.4) is 0 Å². The molecule has 0 fully saturated rings. The first-order valence-corrected chi connectivity index (χ1v) is 7.60. The van der Waals surface area contributed by atoms with Crippen LogP contribution in [0.2, 0.25) is 0 Å². The number of benzene rings is 1. The van der Waals surface area contributed by atoms with Gasteiger partial charge in [-0.3, -0.25) is 4.79 Å². The third-order valence-electron chi connectivity index (χ3n) is 2.54. The third-order valence-corrected chi connectivity index (χ3v) is 3.89. The van der Waals surface area contributed by atoms with Gasteiger partial charge in [-0.25, -0.2) is 8.42 Å². The summed E-state index contributed by atoms with van der Waals surface area (Å²) in [6.07, 6.45) is 0.105. The summed E-state index contributed by atoms with van der Waals surface area (Å²) in [6.45, 7) is 0.0922. The summed E-state index contributed by atoms with van der Waals surface area (Å²) < 4.78 is 29.2. The summed E-state index contributed by atoms with van der Waals surface area (Å²) in [6, 6.07) is 6.37. The Morgan fingerprint density at radius 2 is 2.24 bits per heavy atom. The van der Waals surface area contributed by atoms with Crippen molar-refractivity contribution in [2.24, 2.45) is 0 Å². The molecule has 21 heavy (non-hydrogen) atoms. The van der Waals surface area contributed by atoms with Gasteiger partial charge in [0.1, 0.15) is 11.3 Å². The molecule has 3 N–H and O–H groups in total. The van der Waals surface area contributed by atoms with E-state index in [-0.39, 0.29) is 18.5 Å². The van der Waals surface area contributed by atoms with E-state index in [9.17, 15) is 13.2 Å². The molecule has 9 heteroatoms. The van der Waals surface area contributed by atoms with Crippen molar-refractivity contribution < 1.29 is 17.6 Å². The third kappa shape index (κ3) is 3.49. The molecule has 0 saturated carbocycles. The molecule has 1 amide bonds. The summed E-state index contributed by atoms with van der Waals surface area (Å²) in [5, 5.41) is 10.1. The molecule has 0 saturated heterocycles. The summed E-state index contributed by atoms with van der Waals surface area (Å²) in [5.41, 5.74) is 6.57. The highest BCUT2D eigenvalue weighted by molar-refractivity contribution is 7.91. The average molecular weight is 308 g/mol. The summed E-state index contributed by atoms with van der Waals surface area (Å²) in [4.78, 5) is 15.3. The number of nitriles is 1. The molecule has 0 aliphatic rings. The molecule has 0 aliphatic heterocycles. The van der Waals surface area contributed by atoms with Gasteiger partial charge in [-0.05, 0) is 18.2 Å². The van der Waals surface area contributed by atoms with Crippen molar-refractivity contribution in [1.29, 1.82) is 5.26 Å². The molecule has 1 aromatic carbocycles. The second kappa shape index (κ2) is 5.80. The molecule has 0 bridgehead atoms. The molecule has 110 valence electrons. The summed E-state index contributed by atoms with van der Waals surface area (Å²) >= 11 is 0. The van der Waals surface area contributed by atoms with Crippen LogP contribution in [0, 0.1) is 11.3 Å². The minimum atomic E-state index is -3.98. The van der Waals surface area contributed by atoms with Crippen LogP contribution in [0.1, 0.15) is 6.42 Å². The Morgan fingerprint density at radius 3 is 2.95 bits per heavy atom. The van der Waals surface area contributed by atoms with Crippen molar-refractivity contribution in [2.45, 2.75) is 11.6 Å². The lowest BCUT2D eigenvalue weighted by Gasteiger charge is -2.01. The van der Waals surface area contributed by atoms with Gasteiger partial charge >= 0.3 is 5.22 Å². The lowest BCUT2D eigenvalue weighted by Crippen LogP contribution is -2.31. The quantitative estimate of drug-likeness (QED) is 0.594. The number of amides is 1. The maximum Gasteiger partial charge on any atom is 0.316 e. The standard InChI is InChI=1S/C12H12N4O4S/c13-4-1-5-15-11(17)7-21(18,19)12-16-9-6-8(14)2-3-10(9)20-12/h2-3,6H,1,5,7,14H2,(H,15,17). The molecule has 0 unspecified atom stereocenters. The van der Waals surface area contributed by atoms with Crippen LogP contribution in [-0.4, -0.2) is 31.6 Å². The van der Waals surface area contributed by atoms with E-state index in [0.717, 1.165) is 0 Å². The van der Waals surface area contributed by atoms with Gasteiger partial charge in [-0.15, -0.1) is 0 Å². The number of hydrogen-bond acceptors (Lipinski definition) is 7. The number of rotatable bonds is 5. The van der Waals surface area contributed by atoms with Crippen LogP contribution in [0.15, 0.2) is 27.8 Å². The van der Waals surface area contributed by atoms with Crippen LogP contribution in [0.4, 0.5) is 5.69 Å². The van der Waals surface area contributed by atoms with Crippen molar-refractivity contribution in [3.05, 3.63) is 18.2 Å². The zero-order chi connectivity index (χ0) is 15.5.